The molecule has 0 bridgehead atoms. The molecule has 8 rings (SSSR count). The van der Waals surface area contributed by atoms with Gasteiger partial charge in [0, 0.05) is 71.6 Å². The minimum atomic E-state index is -1.06. The second-order valence-electron chi connectivity index (χ2n) is 14.7. The lowest BCUT2D eigenvalue weighted by molar-refractivity contribution is -0.144. The number of anilines is 2. The van der Waals surface area contributed by atoms with Crippen LogP contribution in [0.2, 0.25) is 0 Å². The van der Waals surface area contributed by atoms with E-state index in [1.807, 2.05) is 23.6 Å². The van der Waals surface area contributed by atoms with Gasteiger partial charge in [-0.05, 0) is 72.2 Å². The average Bonchev–Trinajstić information content (AvgIpc) is 3.98. The van der Waals surface area contributed by atoms with Crippen LogP contribution in [0, 0.1) is 0 Å². The van der Waals surface area contributed by atoms with Gasteiger partial charge in [0.15, 0.2) is 0 Å². The quantitative estimate of drug-likeness (QED) is 0.0784. The largest absolute Gasteiger partial charge is 0.478 e. The van der Waals surface area contributed by atoms with E-state index < -0.39 is 30.0 Å². The number of hydrogen-bond donors (Lipinski definition) is 4. The van der Waals surface area contributed by atoms with Crippen molar-refractivity contribution < 1.29 is 52.8 Å². The van der Waals surface area contributed by atoms with Crippen molar-refractivity contribution in [3.05, 3.63) is 104 Å². The van der Waals surface area contributed by atoms with Crippen LogP contribution in [0.3, 0.4) is 0 Å². The van der Waals surface area contributed by atoms with Crippen molar-refractivity contribution in [3.63, 3.8) is 0 Å². The molecule has 4 N–H and O–H groups in total. The summed E-state index contributed by atoms with van der Waals surface area (Å²) in [5.74, 6) is -1.25. The Balaban J connectivity index is 0.000000242. The number of thiophene rings is 2. The third-order valence-electron chi connectivity index (χ3n) is 9.80. The van der Waals surface area contributed by atoms with Crippen molar-refractivity contribution in [2.24, 2.45) is 0 Å². The molecule has 4 aromatic rings. The van der Waals surface area contributed by atoms with Gasteiger partial charge in [-0.25, -0.2) is 24.4 Å². The van der Waals surface area contributed by atoms with Gasteiger partial charge < -0.3 is 44.1 Å². The minimum Gasteiger partial charge on any atom is -0.478 e. The molecule has 0 aromatic carbocycles. The van der Waals surface area contributed by atoms with E-state index in [1.165, 1.54) is 37.9 Å². The third kappa shape index (κ3) is 16.7. The standard InChI is InChI=1S/C22H24N4O5S.C14H15N3O5.C8H11NOS.2ClH/c1-2-30-20(28)13-26-10-16-8-15(9-23-21(16)24-22(26)29)5-6-19(27)25-11-17(12-25)31-14-18-4-3-7-32-18;1-2-22-12(20)8-17-7-10-5-9(3-4-11(18)19)6-15-13(10)16-14(17)21;1-2-8(11-3-1)6-10-7-4-9-5-7;;/h3-9,17H,2,10-14H2,1H3,(H,23,24,29);3-6H,2,7-8H2,1H3,(H,18,19)(H,15,16,21);1-3,7,9H,4-6H2;2*1H/b6-5+;4-3+;;;. The van der Waals surface area contributed by atoms with Gasteiger partial charge in [0.1, 0.15) is 24.7 Å². The summed E-state index contributed by atoms with van der Waals surface area (Å²) in [6.45, 7) is 8.59. The first-order valence-corrected chi connectivity index (χ1v) is 22.5. The fourth-order valence-corrected chi connectivity index (χ4v) is 7.59. The first-order chi connectivity index (χ1) is 31.5. The monoisotopic (exact) mass is 1000 g/mol. The van der Waals surface area contributed by atoms with Gasteiger partial charge in [0.25, 0.3) is 0 Å². The highest BCUT2D eigenvalue weighted by atomic mass is 35.5. The normalized spacial score (nSPS) is 15.1. The molecular formula is C44H52Cl2N8O11S2. The molecule has 0 aliphatic carbocycles. The van der Waals surface area contributed by atoms with Crippen LogP contribution in [0.1, 0.15) is 45.9 Å². The number of urea groups is 2. The second-order valence-corrected chi connectivity index (χ2v) is 16.7. The van der Waals surface area contributed by atoms with Crippen molar-refractivity contribution in [2.45, 2.75) is 52.4 Å². The van der Waals surface area contributed by atoms with E-state index in [0.29, 0.717) is 48.6 Å². The summed E-state index contributed by atoms with van der Waals surface area (Å²) < 4.78 is 21.1. The number of esters is 2. The van der Waals surface area contributed by atoms with Gasteiger partial charge in [-0.3, -0.25) is 25.0 Å². The first kappa shape index (κ1) is 53.7. The maximum absolute atomic E-state index is 12.4. The Morgan fingerprint density at radius 1 is 0.746 bits per heavy atom. The molecule has 4 aliphatic rings. The maximum atomic E-state index is 12.4. The highest BCUT2D eigenvalue weighted by molar-refractivity contribution is 7.10. The molecule has 0 saturated carbocycles. The van der Waals surface area contributed by atoms with Gasteiger partial charge in [-0.15, -0.1) is 47.5 Å². The van der Waals surface area contributed by atoms with E-state index in [4.69, 9.17) is 24.1 Å². The van der Waals surface area contributed by atoms with Crippen molar-refractivity contribution in [1.29, 1.82) is 0 Å². The highest BCUT2D eigenvalue weighted by Gasteiger charge is 2.31. The Kier molecular flexibility index (Phi) is 21.6. The number of nitrogens with one attached hydrogen (secondary N) is 3. The fraction of sp³-hybridized carbons (Fsp3) is 0.364. The Morgan fingerprint density at radius 2 is 1.22 bits per heavy atom. The Morgan fingerprint density at radius 3 is 1.64 bits per heavy atom. The lowest BCUT2D eigenvalue weighted by Gasteiger charge is -2.38. The number of hydrogen-bond acceptors (Lipinski definition) is 15. The van der Waals surface area contributed by atoms with Crippen LogP contribution < -0.4 is 16.0 Å². The van der Waals surface area contributed by atoms with Gasteiger partial charge >= 0.3 is 30.0 Å². The summed E-state index contributed by atoms with van der Waals surface area (Å²) in [7, 11) is 0. The molecule has 8 heterocycles. The van der Waals surface area contributed by atoms with Crippen molar-refractivity contribution in [2.75, 3.05) is 63.1 Å². The molecule has 0 unspecified atom stereocenters. The van der Waals surface area contributed by atoms with Gasteiger partial charge in [-0.1, -0.05) is 12.1 Å². The lowest BCUT2D eigenvalue weighted by atomic mass is 10.1. The predicted molar refractivity (Wildman–Crippen MR) is 256 cm³/mol. The summed E-state index contributed by atoms with van der Waals surface area (Å²) in [5.41, 5.74) is 2.77. The molecule has 0 spiro atoms. The molecule has 0 atom stereocenters. The Labute approximate surface area is 407 Å². The SMILES string of the molecule is CCOC(=O)CN1Cc2cc(/C=C/C(=O)N3CC(OCc4cccs4)C3)cnc2NC1=O.CCOC(=O)CN1Cc2cc(/C=C/C(=O)O)cnc2NC1=O.Cl.Cl.c1csc(COC2CNC2)c1. The average molecular weight is 1000 g/mol. The van der Waals surface area contributed by atoms with Crippen LogP contribution in [0.4, 0.5) is 21.2 Å². The number of carboxylic acids is 1. The number of ether oxygens (including phenoxy) is 4. The Bertz CT molecular complexity index is 2340. The van der Waals surface area contributed by atoms with Gasteiger partial charge in [0.2, 0.25) is 5.91 Å². The zero-order valence-electron chi connectivity index (χ0n) is 36.6. The molecular weight excluding hydrogens is 952 g/mol. The van der Waals surface area contributed by atoms with Gasteiger partial charge in [0.05, 0.1) is 51.7 Å². The summed E-state index contributed by atoms with van der Waals surface area (Å²) in [5, 5.41) is 21.1. The topological polar surface area (TPSA) is 231 Å². The third-order valence-corrected chi connectivity index (χ3v) is 11.5. The van der Waals surface area contributed by atoms with Crippen LogP contribution in [-0.2, 0) is 64.4 Å². The second kappa shape index (κ2) is 27.0. The van der Waals surface area contributed by atoms with Gasteiger partial charge in [-0.2, -0.15) is 0 Å². The number of aliphatic carboxylic acids is 1. The molecule has 23 heteroatoms. The van der Waals surface area contributed by atoms with E-state index in [1.54, 1.807) is 59.8 Å². The zero-order chi connectivity index (χ0) is 46.1. The molecule has 5 amide bonds. The number of amides is 5. The highest BCUT2D eigenvalue weighted by Crippen LogP contribution is 2.24. The number of carboxylic acid groups (broad SMARTS) is 1. The summed E-state index contributed by atoms with van der Waals surface area (Å²) in [6.07, 6.45) is 9.18. The number of aromatic nitrogens is 2. The molecule has 2 fully saturated rings. The molecule has 0 radical (unpaired) electrons. The van der Waals surface area contributed by atoms with Crippen molar-refractivity contribution in [1.82, 2.24) is 30.0 Å². The number of halogens is 2. The van der Waals surface area contributed by atoms with Crippen molar-refractivity contribution in [3.8, 4) is 0 Å². The number of rotatable bonds is 16. The van der Waals surface area contributed by atoms with E-state index >= 15 is 0 Å². The summed E-state index contributed by atoms with van der Waals surface area (Å²) in [4.78, 5) is 85.3. The van der Waals surface area contributed by atoms with Crippen molar-refractivity contribution >= 4 is 107 Å². The number of carbonyl (C=O) groups is 6. The molecule has 2 saturated heterocycles. The van der Waals surface area contributed by atoms with Crippen LogP contribution in [0.25, 0.3) is 12.2 Å². The molecule has 4 aromatic heterocycles. The van der Waals surface area contributed by atoms with Crippen LogP contribution in [-0.4, -0.2) is 130 Å². The predicted octanol–water partition coefficient (Wildman–Crippen LogP) is 5.66. The summed E-state index contributed by atoms with van der Waals surface area (Å²) in [6, 6.07) is 10.9. The van der Waals surface area contributed by atoms with Crippen LogP contribution in [0.15, 0.2) is 71.7 Å². The maximum Gasteiger partial charge on any atom is 0.328 e. The molecule has 19 nitrogen and oxygen atoms in total. The van der Waals surface area contributed by atoms with E-state index in [-0.39, 0.29) is 76.2 Å². The Hall–Kier alpha value is -5.94. The minimum absolute atomic E-state index is 0. The van der Waals surface area contributed by atoms with Crippen LogP contribution >= 0.6 is 47.5 Å². The zero-order valence-corrected chi connectivity index (χ0v) is 39.9. The number of likely N-dealkylation sites (tertiary alicyclic amines) is 1. The van der Waals surface area contributed by atoms with E-state index in [0.717, 1.165) is 36.9 Å². The lowest BCUT2D eigenvalue weighted by Crippen LogP contribution is -2.54. The van der Waals surface area contributed by atoms with E-state index in [9.17, 15) is 28.8 Å². The number of carbonyl (C=O) groups excluding carboxylic acids is 5. The van der Waals surface area contributed by atoms with Crippen LogP contribution in [0.5, 0.6) is 0 Å². The molecule has 4 aliphatic heterocycles. The number of fused-ring (bicyclic) bond motifs is 2. The fourth-order valence-electron chi connectivity index (χ4n) is 6.34. The number of pyridine rings is 2. The number of nitrogens with zero attached hydrogens (tertiary/aromatic N) is 5. The molecule has 67 heavy (non-hydrogen) atoms. The first-order valence-electron chi connectivity index (χ1n) is 20.7. The smallest absolute Gasteiger partial charge is 0.328 e. The molecule has 360 valence electrons. The summed E-state index contributed by atoms with van der Waals surface area (Å²) >= 11 is 3.41. The van der Waals surface area contributed by atoms with E-state index in [2.05, 4.69) is 43.4 Å².